The number of benzene rings is 1. The van der Waals surface area contributed by atoms with Crippen molar-refractivity contribution in [3.05, 3.63) is 45.8 Å². The third-order valence-electron chi connectivity index (χ3n) is 4.43. The van der Waals surface area contributed by atoms with E-state index in [-0.39, 0.29) is 29.7 Å². The number of aliphatic imine (C=N–C) groups is 1. The fourth-order valence-corrected chi connectivity index (χ4v) is 3.68. The van der Waals surface area contributed by atoms with E-state index < -0.39 is 4.92 Å². The van der Waals surface area contributed by atoms with E-state index >= 15 is 0 Å². The number of aromatic nitrogens is 2. The lowest BCUT2D eigenvalue weighted by Crippen LogP contribution is -2.52. The summed E-state index contributed by atoms with van der Waals surface area (Å²) in [6.07, 6.45) is 0.857. The van der Waals surface area contributed by atoms with Crippen molar-refractivity contribution < 1.29 is 4.92 Å². The molecule has 2 aromatic rings. The van der Waals surface area contributed by atoms with Gasteiger partial charge in [0, 0.05) is 69.9 Å². The molecule has 1 fully saturated rings. The first-order chi connectivity index (χ1) is 13.1. The van der Waals surface area contributed by atoms with Crippen molar-refractivity contribution in [3.63, 3.8) is 0 Å². The first-order valence-corrected chi connectivity index (χ1v) is 9.64. The number of nitro benzene ring substituents is 1. The second-order valence-corrected chi connectivity index (χ2v) is 6.88. The van der Waals surface area contributed by atoms with Gasteiger partial charge in [-0.15, -0.1) is 24.0 Å². The summed E-state index contributed by atoms with van der Waals surface area (Å²) in [7, 11) is 1.77. The minimum Gasteiger partial charge on any atom is -0.352 e. The van der Waals surface area contributed by atoms with E-state index in [1.165, 1.54) is 23.7 Å². The van der Waals surface area contributed by atoms with Crippen molar-refractivity contribution in [1.29, 1.82) is 0 Å². The fraction of sp³-hybridized carbons (Fsp3) is 0.471. The van der Waals surface area contributed by atoms with Crippen molar-refractivity contribution >= 4 is 52.3 Å². The molecule has 28 heavy (non-hydrogen) atoms. The van der Waals surface area contributed by atoms with E-state index in [4.69, 9.17) is 0 Å². The minimum atomic E-state index is -0.392. The molecule has 1 aliphatic rings. The smallest absolute Gasteiger partial charge is 0.269 e. The molecule has 1 N–H and O–H groups in total. The molecule has 1 aromatic carbocycles. The number of hydrogen-bond acceptors (Lipinski definition) is 7. The summed E-state index contributed by atoms with van der Waals surface area (Å²) in [5, 5.41) is 15.1. The molecule has 0 amide bonds. The Kier molecular flexibility index (Phi) is 8.35. The molecule has 1 aromatic heterocycles. The number of nitrogens with one attached hydrogen (secondary N) is 1. The number of halogens is 1. The first kappa shape index (κ1) is 22.3. The maximum atomic E-state index is 10.7. The summed E-state index contributed by atoms with van der Waals surface area (Å²) >= 11 is 1.46. The van der Waals surface area contributed by atoms with Gasteiger partial charge >= 0.3 is 0 Å². The number of nitrogens with zero attached hydrogens (tertiary/aromatic N) is 6. The Labute approximate surface area is 185 Å². The highest BCUT2D eigenvalue weighted by atomic mass is 127. The molecule has 0 spiro atoms. The van der Waals surface area contributed by atoms with Gasteiger partial charge in [-0.25, -0.2) is 4.98 Å². The predicted molar refractivity (Wildman–Crippen MR) is 122 cm³/mol. The van der Waals surface area contributed by atoms with Gasteiger partial charge in [0.25, 0.3) is 5.69 Å². The summed E-state index contributed by atoms with van der Waals surface area (Å²) in [5.74, 6) is 1.73. The lowest BCUT2D eigenvalue weighted by atomic mass is 10.2. The van der Waals surface area contributed by atoms with E-state index in [2.05, 4.69) is 36.4 Å². The van der Waals surface area contributed by atoms with Crippen molar-refractivity contribution in [1.82, 2.24) is 19.6 Å². The summed E-state index contributed by atoms with van der Waals surface area (Å²) in [6, 6.07) is 6.56. The van der Waals surface area contributed by atoms with Crippen molar-refractivity contribution in [2.24, 2.45) is 4.99 Å². The number of nitro groups is 1. The molecule has 9 nitrogen and oxygen atoms in total. The molecule has 0 aliphatic carbocycles. The van der Waals surface area contributed by atoms with Crippen molar-refractivity contribution in [2.45, 2.75) is 19.9 Å². The normalized spacial score (nSPS) is 14.6. The maximum absolute atomic E-state index is 10.7. The molecule has 0 radical (unpaired) electrons. The summed E-state index contributed by atoms with van der Waals surface area (Å²) in [5.41, 5.74) is 1.07. The zero-order valence-electron chi connectivity index (χ0n) is 15.9. The molecule has 2 heterocycles. The molecule has 152 valence electrons. The van der Waals surface area contributed by atoms with Crippen LogP contribution in [0.1, 0.15) is 18.3 Å². The SMILES string of the molecule is CCc1nsc(N2CCN(C(=NC)NCc3ccc([N+](=O)[O-])cc3)CC2)n1.I. The van der Waals surface area contributed by atoms with Crippen LogP contribution in [-0.4, -0.2) is 58.4 Å². The average Bonchev–Trinajstić information content (AvgIpc) is 3.18. The topological polar surface area (TPSA) is 99.8 Å². The molecular formula is C17H24IN7O2S. The standard InChI is InChI=1S/C17H23N7O2S.HI/c1-3-15-20-17(27-21-15)23-10-8-22(9-11-23)16(18-2)19-12-13-4-6-14(7-5-13)24(25)26;/h4-7H,3,8-12H2,1-2H3,(H,18,19);1H. The number of hydrogen-bond donors (Lipinski definition) is 1. The van der Waals surface area contributed by atoms with Crippen molar-refractivity contribution in [3.8, 4) is 0 Å². The van der Waals surface area contributed by atoms with Gasteiger partial charge in [-0.3, -0.25) is 15.1 Å². The lowest BCUT2D eigenvalue weighted by molar-refractivity contribution is -0.384. The van der Waals surface area contributed by atoms with Crippen LogP contribution < -0.4 is 10.2 Å². The van der Waals surface area contributed by atoms with Crippen LogP contribution in [0.15, 0.2) is 29.3 Å². The van der Waals surface area contributed by atoms with Gasteiger partial charge in [0.1, 0.15) is 5.82 Å². The number of piperazine rings is 1. The van der Waals surface area contributed by atoms with E-state index in [1.54, 1.807) is 19.2 Å². The molecule has 0 saturated carbocycles. The molecule has 3 rings (SSSR count). The predicted octanol–water partition coefficient (Wildman–Crippen LogP) is 2.52. The van der Waals surface area contributed by atoms with Gasteiger partial charge in [-0.2, -0.15) is 4.37 Å². The molecule has 0 bridgehead atoms. The van der Waals surface area contributed by atoms with Gasteiger partial charge in [0.15, 0.2) is 5.96 Å². The molecule has 0 atom stereocenters. The van der Waals surface area contributed by atoms with Crippen LogP contribution in [0, 0.1) is 10.1 Å². The highest BCUT2D eigenvalue weighted by molar-refractivity contribution is 14.0. The third kappa shape index (κ3) is 5.50. The highest BCUT2D eigenvalue weighted by Crippen LogP contribution is 2.19. The molecule has 11 heteroatoms. The zero-order valence-corrected chi connectivity index (χ0v) is 19.0. The lowest BCUT2D eigenvalue weighted by Gasteiger charge is -2.36. The monoisotopic (exact) mass is 517 g/mol. The van der Waals surface area contributed by atoms with Gasteiger partial charge in [-0.1, -0.05) is 19.1 Å². The van der Waals surface area contributed by atoms with E-state index in [0.29, 0.717) is 6.54 Å². The zero-order chi connectivity index (χ0) is 19.2. The van der Waals surface area contributed by atoms with Crippen LogP contribution >= 0.6 is 35.5 Å². The largest absolute Gasteiger partial charge is 0.352 e. The Hall–Kier alpha value is -2.02. The van der Waals surface area contributed by atoms with Crippen molar-refractivity contribution in [2.75, 3.05) is 38.1 Å². The number of aryl methyl sites for hydroxylation is 1. The first-order valence-electron chi connectivity index (χ1n) is 8.87. The second-order valence-electron chi connectivity index (χ2n) is 6.15. The van der Waals surface area contributed by atoms with E-state index in [0.717, 1.165) is 55.1 Å². The van der Waals surface area contributed by atoms with Crippen LogP contribution in [0.5, 0.6) is 0 Å². The molecule has 1 aliphatic heterocycles. The number of rotatable bonds is 5. The molecule has 1 saturated heterocycles. The maximum Gasteiger partial charge on any atom is 0.269 e. The van der Waals surface area contributed by atoms with Crippen LogP contribution in [0.25, 0.3) is 0 Å². The van der Waals surface area contributed by atoms with E-state index in [9.17, 15) is 10.1 Å². The average molecular weight is 517 g/mol. The molecular weight excluding hydrogens is 493 g/mol. The number of anilines is 1. The Bertz CT molecular complexity index is 804. The Morgan fingerprint density at radius 1 is 1.29 bits per heavy atom. The summed E-state index contributed by atoms with van der Waals surface area (Å²) < 4.78 is 4.36. The number of non-ortho nitro benzene ring substituents is 1. The van der Waals surface area contributed by atoms with Crippen LogP contribution in [0.3, 0.4) is 0 Å². The van der Waals surface area contributed by atoms with Crippen LogP contribution in [-0.2, 0) is 13.0 Å². The van der Waals surface area contributed by atoms with Gasteiger partial charge in [0.05, 0.1) is 4.92 Å². The number of guanidine groups is 1. The quantitative estimate of drug-likeness (QED) is 0.214. The van der Waals surface area contributed by atoms with Gasteiger partial charge in [-0.05, 0) is 5.56 Å². The highest BCUT2D eigenvalue weighted by Gasteiger charge is 2.22. The van der Waals surface area contributed by atoms with E-state index in [1.807, 2.05) is 0 Å². The summed E-state index contributed by atoms with van der Waals surface area (Å²) in [4.78, 5) is 23.7. The Balaban J connectivity index is 0.00000280. The Morgan fingerprint density at radius 3 is 2.50 bits per heavy atom. The summed E-state index contributed by atoms with van der Waals surface area (Å²) in [6.45, 7) is 6.07. The Morgan fingerprint density at radius 2 is 1.96 bits per heavy atom. The van der Waals surface area contributed by atoms with Gasteiger partial charge < -0.3 is 15.1 Å². The minimum absolute atomic E-state index is 0. The van der Waals surface area contributed by atoms with Crippen LogP contribution in [0.4, 0.5) is 10.8 Å². The second kappa shape index (κ2) is 10.5. The van der Waals surface area contributed by atoms with Gasteiger partial charge in [0.2, 0.25) is 5.13 Å². The molecule has 0 unspecified atom stereocenters. The fourth-order valence-electron chi connectivity index (χ4n) is 2.88. The third-order valence-corrected chi connectivity index (χ3v) is 5.25. The van der Waals surface area contributed by atoms with Crippen LogP contribution in [0.2, 0.25) is 0 Å².